The van der Waals surface area contributed by atoms with Crippen molar-refractivity contribution in [2.75, 3.05) is 40.4 Å². The van der Waals surface area contributed by atoms with E-state index in [1.54, 1.807) is 30.1 Å². The number of carbonyl (C=O) groups excluding carboxylic acids is 2. The topological polar surface area (TPSA) is 64.0 Å². The second-order valence-corrected chi connectivity index (χ2v) is 6.59. The molecular formula is C20H25N3O4. The first-order chi connectivity index (χ1) is 13.0. The molecule has 7 heteroatoms. The zero-order chi connectivity index (χ0) is 19.4. The number of piperazine rings is 1. The molecule has 3 rings (SSSR count). The van der Waals surface area contributed by atoms with Crippen molar-refractivity contribution in [1.29, 1.82) is 0 Å². The maximum Gasteiger partial charge on any atom is 0.255 e. The first-order valence-electron chi connectivity index (χ1n) is 8.91. The second kappa shape index (κ2) is 8.16. The molecule has 0 aliphatic carbocycles. The number of aromatic nitrogens is 1. The molecule has 0 radical (unpaired) electrons. The third kappa shape index (κ3) is 4.24. The average molecular weight is 371 g/mol. The van der Waals surface area contributed by atoms with Gasteiger partial charge in [-0.15, -0.1) is 0 Å². The van der Waals surface area contributed by atoms with Crippen LogP contribution in [0.1, 0.15) is 15.9 Å². The molecule has 1 fully saturated rings. The van der Waals surface area contributed by atoms with E-state index in [1.807, 2.05) is 42.2 Å². The van der Waals surface area contributed by atoms with E-state index in [1.165, 1.54) is 0 Å². The van der Waals surface area contributed by atoms with Crippen LogP contribution in [-0.2, 0) is 18.3 Å². The van der Waals surface area contributed by atoms with Gasteiger partial charge in [-0.3, -0.25) is 9.59 Å². The minimum absolute atomic E-state index is 0.0134. The monoisotopic (exact) mass is 371 g/mol. The molecule has 0 spiro atoms. The molecular weight excluding hydrogens is 346 g/mol. The van der Waals surface area contributed by atoms with E-state index < -0.39 is 0 Å². The molecule has 144 valence electrons. The van der Waals surface area contributed by atoms with Crippen LogP contribution in [0.4, 0.5) is 0 Å². The Balaban J connectivity index is 1.58. The number of carbonyl (C=O) groups is 2. The van der Waals surface area contributed by atoms with Gasteiger partial charge in [0, 0.05) is 57.3 Å². The summed E-state index contributed by atoms with van der Waals surface area (Å²) in [6.07, 6.45) is 3.94. The number of ether oxygens (including phenoxy) is 2. The van der Waals surface area contributed by atoms with E-state index >= 15 is 0 Å². The summed E-state index contributed by atoms with van der Waals surface area (Å²) in [7, 11) is 5.06. The van der Waals surface area contributed by atoms with Crippen LogP contribution in [0.3, 0.4) is 0 Å². The summed E-state index contributed by atoms with van der Waals surface area (Å²) in [5.74, 6) is 1.38. The van der Waals surface area contributed by atoms with Crippen LogP contribution < -0.4 is 9.47 Å². The van der Waals surface area contributed by atoms with E-state index in [0.717, 1.165) is 5.56 Å². The number of hydrogen-bond acceptors (Lipinski definition) is 4. The number of hydrogen-bond donors (Lipinski definition) is 0. The fourth-order valence-electron chi connectivity index (χ4n) is 3.24. The van der Waals surface area contributed by atoms with Crippen LogP contribution >= 0.6 is 0 Å². The Bertz CT molecular complexity index is 822. The smallest absolute Gasteiger partial charge is 0.255 e. The first-order valence-corrected chi connectivity index (χ1v) is 8.91. The maximum absolute atomic E-state index is 12.7. The Labute approximate surface area is 159 Å². The van der Waals surface area contributed by atoms with Crippen molar-refractivity contribution in [3.8, 4) is 11.5 Å². The summed E-state index contributed by atoms with van der Waals surface area (Å²) in [5, 5.41) is 0. The lowest BCUT2D eigenvalue weighted by Gasteiger charge is -2.34. The Hall–Kier alpha value is -2.96. The molecule has 0 N–H and O–H groups in total. The number of aryl methyl sites for hydroxylation is 1. The molecule has 1 aliphatic rings. The van der Waals surface area contributed by atoms with Gasteiger partial charge < -0.3 is 23.8 Å². The number of nitrogens with zero attached hydrogens (tertiary/aromatic N) is 3. The summed E-state index contributed by atoms with van der Waals surface area (Å²) in [6, 6.07) is 7.27. The van der Waals surface area contributed by atoms with Crippen molar-refractivity contribution in [2.45, 2.75) is 6.42 Å². The predicted molar refractivity (Wildman–Crippen MR) is 101 cm³/mol. The highest BCUT2D eigenvalue weighted by Crippen LogP contribution is 2.25. The number of benzene rings is 1. The van der Waals surface area contributed by atoms with Crippen molar-refractivity contribution in [3.63, 3.8) is 0 Å². The molecule has 7 nitrogen and oxygen atoms in total. The summed E-state index contributed by atoms with van der Waals surface area (Å²) in [5.41, 5.74) is 1.51. The largest absolute Gasteiger partial charge is 0.497 e. The summed E-state index contributed by atoms with van der Waals surface area (Å²) < 4.78 is 12.4. The normalized spacial score (nSPS) is 14.2. The van der Waals surface area contributed by atoms with Gasteiger partial charge in [0.15, 0.2) is 0 Å². The lowest BCUT2D eigenvalue weighted by Crippen LogP contribution is -2.51. The van der Waals surface area contributed by atoms with Gasteiger partial charge in [0.25, 0.3) is 5.91 Å². The molecule has 27 heavy (non-hydrogen) atoms. The molecule has 1 aromatic carbocycles. The number of amides is 2. The van der Waals surface area contributed by atoms with E-state index in [0.29, 0.717) is 43.2 Å². The van der Waals surface area contributed by atoms with E-state index in [4.69, 9.17) is 9.47 Å². The highest BCUT2D eigenvalue weighted by atomic mass is 16.5. The number of rotatable bonds is 5. The van der Waals surface area contributed by atoms with Gasteiger partial charge in [-0.2, -0.15) is 0 Å². The lowest BCUT2D eigenvalue weighted by atomic mass is 10.1. The minimum Gasteiger partial charge on any atom is -0.497 e. The van der Waals surface area contributed by atoms with Gasteiger partial charge in [0.2, 0.25) is 5.91 Å². The SMILES string of the molecule is COc1ccc(CC(=O)N2CCN(C(=O)c3ccn(C)c3)CC2)c(OC)c1. The molecule has 0 unspecified atom stereocenters. The second-order valence-electron chi connectivity index (χ2n) is 6.59. The van der Waals surface area contributed by atoms with E-state index in [9.17, 15) is 9.59 Å². The van der Waals surface area contributed by atoms with Gasteiger partial charge in [0.05, 0.1) is 26.2 Å². The van der Waals surface area contributed by atoms with E-state index in [2.05, 4.69) is 0 Å². The molecule has 0 atom stereocenters. The van der Waals surface area contributed by atoms with Crippen molar-refractivity contribution >= 4 is 11.8 Å². The first kappa shape index (κ1) is 18.8. The standard InChI is InChI=1S/C20H25N3O4/c1-21-7-6-16(14-21)20(25)23-10-8-22(9-11-23)19(24)12-15-4-5-17(26-2)13-18(15)27-3/h4-7,13-14H,8-12H2,1-3H3. The Morgan fingerprint density at radius 1 is 1.00 bits per heavy atom. The Morgan fingerprint density at radius 3 is 2.30 bits per heavy atom. The molecule has 0 bridgehead atoms. The molecule has 2 heterocycles. The zero-order valence-corrected chi connectivity index (χ0v) is 16.0. The molecule has 1 aliphatic heterocycles. The van der Waals surface area contributed by atoms with Crippen LogP contribution in [0.2, 0.25) is 0 Å². The lowest BCUT2D eigenvalue weighted by molar-refractivity contribution is -0.131. The third-order valence-electron chi connectivity index (χ3n) is 4.83. The predicted octanol–water partition coefficient (Wildman–Crippen LogP) is 1.57. The Morgan fingerprint density at radius 2 is 1.70 bits per heavy atom. The number of methoxy groups -OCH3 is 2. The van der Waals surface area contributed by atoms with Gasteiger partial charge in [0.1, 0.15) is 11.5 Å². The van der Waals surface area contributed by atoms with Crippen molar-refractivity contribution in [3.05, 3.63) is 47.8 Å². The Kier molecular flexibility index (Phi) is 5.69. The van der Waals surface area contributed by atoms with Gasteiger partial charge in [-0.05, 0) is 12.1 Å². The van der Waals surface area contributed by atoms with Gasteiger partial charge in [-0.25, -0.2) is 0 Å². The van der Waals surface area contributed by atoms with Gasteiger partial charge >= 0.3 is 0 Å². The third-order valence-corrected chi connectivity index (χ3v) is 4.83. The summed E-state index contributed by atoms with van der Waals surface area (Å²) in [4.78, 5) is 28.8. The van der Waals surface area contributed by atoms with Crippen LogP contribution in [0.15, 0.2) is 36.7 Å². The van der Waals surface area contributed by atoms with Crippen molar-refractivity contribution in [2.24, 2.45) is 7.05 Å². The van der Waals surface area contributed by atoms with Crippen molar-refractivity contribution in [1.82, 2.24) is 14.4 Å². The molecule has 1 aromatic heterocycles. The highest BCUT2D eigenvalue weighted by molar-refractivity contribution is 5.94. The maximum atomic E-state index is 12.7. The van der Waals surface area contributed by atoms with Crippen LogP contribution in [-0.4, -0.2) is 66.6 Å². The summed E-state index contributed by atoms with van der Waals surface area (Å²) in [6.45, 7) is 2.16. The van der Waals surface area contributed by atoms with Crippen molar-refractivity contribution < 1.29 is 19.1 Å². The molecule has 0 saturated carbocycles. The molecule has 2 amide bonds. The van der Waals surface area contributed by atoms with Crippen LogP contribution in [0.25, 0.3) is 0 Å². The molecule has 1 saturated heterocycles. The fourth-order valence-corrected chi connectivity index (χ4v) is 3.24. The zero-order valence-electron chi connectivity index (χ0n) is 16.0. The average Bonchev–Trinajstić information content (AvgIpc) is 3.14. The fraction of sp³-hybridized carbons (Fsp3) is 0.400. The van der Waals surface area contributed by atoms with Crippen LogP contribution in [0, 0.1) is 0 Å². The van der Waals surface area contributed by atoms with Crippen LogP contribution in [0.5, 0.6) is 11.5 Å². The molecule has 2 aromatic rings. The quantitative estimate of drug-likeness (QED) is 0.800. The minimum atomic E-state index is 0.0134. The van der Waals surface area contributed by atoms with Gasteiger partial charge in [-0.1, -0.05) is 6.07 Å². The summed E-state index contributed by atoms with van der Waals surface area (Å²) >= 11 is 0. The van der Waals surface area contributed by atoms with E-state index in [-0.39, 0.29) is 18.2 Å². The highest BCUT2D eigenvalue weighted by Gasteiger charge is 2.25.